The van der Waals surface area contributed by atoms with Gasteiger partial charge in [0.25, 0.3) is 0 Å². The standard InChI is InChI=1S/C16H28N2O3/c1-10-13(17)7-6-12(16(10,2)3)14(19)18-8-4-5-11(9-18)15(20)21/h10-13H,4-9,17H2,1-3H3,(H,20,21)/t10?,11-,12?,13?/m0/s1. The fourth-order valence-corrected chi connectivity index (χ4v) is 3.89. The summed E-state index contributed by atoms with van der Waals surface area (Å²) in [7, 11) is 0. The van der Waals surface area contributed by atoms with E-state index < -0.39 is 11.9 Å². The van der Waals surface area contributed by atoms with Crippen molar-refractivity contribution in [1.82, 2.24) is 4.90 Å². The zero-order valence-electron chi connectivity index (χ0n) is 13.3. The first-order valence-electron chi connectivity index (χ1n) is 8.02. The Kier molecular flexibility index (Phi) is 4.61. The Bertz CT molecular complexity index is 422. The largest absolute Gasteiger partial charge is 0.481 e. The second-order valence-electron chi connectivity index (χ2n) is 7.37. The fourth-order valence-electron chi connectivity index (χ4n) is 3.89. The van der Waals surface area contributed by atoms with Gasteiger partial charge in [-0.15, -0.1) is 0 Å². The minimum Gasteiger partial charge on any atom is -0.481 e. The Balaban J connectivity index is 2.10. The van der Waals surface area contributed by atoms with E-state index in [4.69, 9.17) is 5.73 Å². The Hall–Kier alpha value is -1.10. The molecule has 5 heteroatoms. The molecule has 3 unspecified atom stereocenters. The Morgan fingerprint density at radius 1 is 1.24 bits per heavy atom. The molecule has 0 aromatic rings. The number of aliphatic carboxylic acids is 1. The van der Waals surface area contributed by atoms with Crippen molar-refractivity contribution in [3.05, 3.63) is 0 Å². The van der Waals surface area contributed by atoms with Gasteiger partial charge in [-0.25, -0.2) is 0 Å². The van der Waals surface area contributed by atoms with Crippen LogP contribution in [0.3, 0.4) is 0 Å². The molecular weight excluding hydrogens is 268 g/mol. The lowest BCUT2D eigenvalue weighted by atomic mass is 9.60. The number of hydrogen-bond donors (Lipinski definition) is 2. The number of amides is 1. The van der Waals surface area contributed by atoms with Crippen LogP contribution in [0.15, 0.2) is 0 Å². The molecule has 1 saturated carbocycles. The molecule has 0 radical (unpaired) electrons. The van der Waals surface area contributed by atoms with Crippen LogP contribution in [0.2, 0.25) is 0 Å². The lowest BCUT2D eigenvalue weighted by Crippen LogP contribution is -2.54. The third kappa shape index (κ3) is 3.07. The molecule has 2 rings (SSSR count). The summed E-state index contributed by atoms with van der Waals surface area (Å²) in [5, 5.41) is 9.17. The SMILES string of the molecule is CC1C(N)CCC(C(=O)N2CCC[C@H](C(=O)O)C2)C1(C)C. The first-order chi connectivity index (χ1) is 9.75. The van der Waals surface area contributed by atoms with Crippen LogP contribution in [0.5, 0.6) is 0 Å². The van der Waals surface area contributed by atoms with E-state index in [9.17, 15) is 14.7 Å². The number of hydrogen-bond acceptors (Lipinski definition) is 3. The number of piperidine rings is 1. The molecule has 21 heavy (non-hydrogen) atoms. The quantitative estimate of drug-likeness (QED) is 0.812. The molecule has 5 nitrogen and oxygen atoms in total. The highest BCUT2D eigenvalue weighted by Crippen LogP contribution is 2.45. The van der Waals surface area contributed by atoms with Crippen LogP contribution >= 0.6 is 0 Å². The van der Waals surface area contributed by atoms with Gasteiger partial charge in [-0.05, 0) is 37.0 Å². The molecule has 0 spiro atoms. The van der Waals surface area contributed by atoms with Gasteiger partial charge in [-0.1, -0.05) is 20.8 Å². The number of rotatable bonds is 2. The van der Waals surface area contributed by atoms with Crippen molar-refractivity contribution >= 4 is 11.9 Å². The fraction of sp³-hybridized carbons (Fsp3) is 0.875. The van der Waals surface area contributed by atoms with E-state index in [-0.39, 0.29) is 23.3 Å². The summed E-state index contributed by atoms with van der Waals surface area (Å²) in [6.07, 6.45) is 3.14. The molecule has 3 N–H and O–H groups in total. The van der Waals surface area contributed by atoms with Crippen LogP contribution in [0.25, 0.3) is 0 Å². The third-order valence-corrected chi connectivity index (χ3v) is 5.88. The van der Waals surface area contributed by atoms with Crippen molar-refractivity contribution in [3.8, 4) is 0 Å². The summed E-state index contributed by atoms with van der Waals surface area (Å²) >= 11 is 0. The molecule has 1 amide bonds. The van der Waals surface area contributed by atoms with E-state index in [1.807, 2.05) is 0 Å². The zero-order valence-corrected chi connectivity index (χ0v) is 13.3. The van der Waals surface area contributed by atoms with Gasteiger partial charge < -0.3 is 15.7 Å². The van der Waals surface area contributed by atoms with Crippen molar-refractivity contribution in [2.75, 3.05) is 13.1 Å². The van der Waals surface area contributed by atoms with Crippen molar-refractivity contribution < 1.29 is 14.7 Å². The summed E-state index contributed by atoms with van der Waals surface area (Å²) in [5.74, 6) is -0.815. The Morgan fingerprint density at radius 2 is 1.90 bits per heavy atom. The van der Waals surface area contributed by atoms with Crippen molar-refractivity contribution in [1.29, 1.82) is 0 Å². The lowest BCUT2D eigenvalue weighted by Gasteiger charge is -2.48. The van der Waals surface area contributed by atoms with E-state index in [0.29, 0.717) is 25.4 Å². The van der Waals surface area contributed by atoms with Gasteiger partial charge in [0.2, 0.25) is 5.91 Å². The number of carbonyl (C=O) groups excluding carboxylic acids is 1. The van der Waals surface area contributed by atoms with Gasteiger partial charge >= 0.3 is 5.97 Å². The van der Waals surface area contributed by atoms with Crippen LogP contribution in [0, 0.1) is 23.2 Å². The minimum absolute atomic E-state index is 0.0418. The summed E-state index contributed by atoms with van der Waals surface area (Å²) in [6, 6.07) is 0.150. The van der Waals surface area contributed by atoms with Crippen molar-refractivity contribution in [3.63, 3.8) is 0 Å². The van der Waals surface area contributed by atoms with Crippen LogP contribution in [-0.2, 0) is 9.59 Å². The van der Waals surface area contributed by atoms with E-state index in [2.05, 4.69) is 20.8 Å². The highest BCUT2D eigenvalue weighted by atomic mass is 16.4. The molecule has 0 bridgehead atoms. The molecule has 120 valence electrons. The molecule has 1 aliphatic carbocycles. The molecule has 2 fully saturated rings. The Morgan fingerprint density at radius 3 is 2.52 bits per heavy atom. The maximum absolute atomic E-state index is 12.9. The predicted molar refractivity (Wildman–Crippen MR) is 80.6 cm³/mol. The molecule has 2 aliphatic rings. The molecule has 1 aliphatic heterocycles. The number of likely N-dealkylation sites (tertiary alicyclic amines) is 1. The summed E-state index contributed by atoms with van der Waals surface area (Å²) in [5.41, 5.74) is 6.02. The smallest absolute Gasteiger partial charge is 0.308 e. The van der Waals surface area contributed by atoms with E-state index >= 15 is 0 Å². The average Bonchev–Trinajstić information content (AvgIpc) is 2.44. The third-order valence-electron chi connectivity index (χ3n) is 5.88. The number of carboxylic acids is 1. The van der Waals surface area contributed by atoms with Crippen LogP contribution in [0.1, 0.15) is 46.5 Å². The summed E-state index contributed by atoms with van der Waals surface area (Å²) in [4.78, 5) is 25.8. The molecule has 0 aromatic heterocycles. The second kappa shape index (κ2) is 5.95. The number of carboxylic acid groups (broad SMARTS) is 1. The number of nitrogens with zero attached hydrogens (tertiary/aromatic N) is 1. The Labute approximate surface area is 126 Å². The van der Waals surface area contributed by atoms with E-state index in [0.717, 1.165) is 19.3 Å². The van der Waals surface area contributed by atoms with Crippen LogP contribution < -0.4 is 5.73 Å². The molecular formula is C16H28N2O3. The maximum atomic E-state index is 12.9. The molecule has 4 atom stereocenters. The monoisotopic (exact) mass is 296 g/mol. The van der Waals surface area contributed by atoms with E-state index in [1.54, 1.807) is 4.90 Å². The number of nitrogens with two attached hydrogens (primary N) is 1. The van der Waals surface area contributed by atoms with Gasteiger partial charge in [-0.3, -0.25) is 9.59 Å². The van der Waals surface area contributed by atoms with Gasteiger partial charge in [0.15, 0.2) is 0 Å². The van der Waals surface area contributed by atoms with E-state index in [1.165, 1.54) is 0 Å². The maximum Gasteiger partial charge on any atom is 0.308 e. The lowest BCUT2D eigenvalue weighted by molar-refractivity contribution is -0.150. The first-order valence-corrected chi connectivity index (χ1v) is 8.02. The first kappa shape index (κ1) is 16.3. The predicted octanol–water partition coefficient (Wildman–Crippen LogP) is 1.71. The van der Waals surface area contributed by atoms with Crippen LogP contribution in [0.4, 0.5) is 0 Å². The molecule has 1 heterocycles. The highest BCUT2D eigenvalue weighted by Gasteiger charge is 2.46. The number of carbonyl (C=O) groups is 2. The summed E-state index contributed by atoms with van der Waals surface area (Å²) in [6.45, 7) is 7.42. The van der Waals surface area contributed by atoms with Crippen molar-refractivity contribution in [2.24, 2.45) is 28.9 Å². The normalized spacial score (nSPS) is 36.3. The van der Waals surface area contributed by atoms with Gasteiger partial charge in [0.05, 0.1) is 5.92 Å². The van der Waals surface area contributed by atoms with Gasteiger partial charge in [0.1, 0.15) is 0 Å². The second-order valence-corrected chi connectivity index (χ2v) is 7.37. The van der Waals surface area contributed by atoms with Crippen LogP contribution in [-0.4, -0.2) is 41.0 Å². The minimum atomic E-state index is -0.786. The van der Waals surface area contributed by atoms with Gasteiger partial charge in [0, 0.05) is 25.0 Å². The molecule has 1 saturated heterocycles. The van der Waals surface area contributed by atoms with Gasteiger partial charge in [-0.2, -0.15) is 0 Å². The average molecular weight is 296 g/mol. The summed E-state index contributed by atoms with van der Waals surface area (Å²) < 4.78 is 0. The topological polar surface area (TPSA) is 83.6 Å². The van der Waals surface area contributed by atoms with Crippen molar-refractivity contribution in [2.45, 2.75) is 52.5 Å². The zero-order chi connectivity index (χ0) is 15.8. The highest BCUT2D eigenvalue weighted by molar-refractivity contribution is 5.81. The molecule has 0 aromatic carbocycles.